The summed E-state index contributed by atoms with van der Waals surface area (Å²) in [6.45, 7) is 5.44. The summed E-state index contributed by atoms with van der Waals surface area (Å²) in [6, 6.07) is 6.12. The molecule has 1 aliphatic heterocycles. The van der Waals surface area contributed by atoms with Crippen molar-refractivity contribution in [2.75, 3.05) is 13.3 Å². The third kappa shape index (κ3) is 2.30. The SMILES string of the molecule is CC(C)CC(CN)c1ccc2c(c1)OCO2. The van der Waals surface area contributed by atoms with Gasteiger partial charge in [0.15, 0.2) is 11.5 Å². The Balaban J connectivity index is 2.18. The molecule has 1 aromatic rings. The van der Waals surface area contributed by atoms with E-state index in [0.717, 1.165) is 17.9 Å². The average molecular weight is 221 g/mol. The molecular formula is C13H19NO2. The summed E-state index contributed by atoms with van der Waals surface area (Å²) in [7, 11) is 0. The van der Waals surface area contributed by atoms with Crippen LogP contribution in [0.1, 0.15) is 31.7 Å². The van der Waals surface area contributed by atoms with Gasteiger partial charge >= 0.3 is 0 Å². The fraction of sp³-hybridized carbons (Fsp3) is 0.538. The molecule has 1 aliphatic rings. The van der Waals surface area contributed by atoms with Crippen LogP contribution in [-0.2, 0) is 0 Å². The highest BCUT2D eigenvalue weighted by molar-refractivity contribution is 5.45. The van der Waals surface area contributed by atoms with Crippen molar-refractivity contribution in [3.8, 4) is 11.5 Å². The lowest BCUT2D eigenvalue weighted by atomic mass is 9.90. The molecule has 2 rings (SSSR count). The molecule has 0 aliphatic carbocycles. The molecule has 1 heterocycles. The van der Waals surface area contributed by atoms with Crippen molar-refractivity contribution in [2.24, 2.45) is 11.7 Å². The molecule has 0 bridgehead atoms. The molecule has 0 amide bonds. The van der Waals surface area contributed by atoms with Crippen molar-refractivity contribution in [1.82, 2.24) is 0 Å². The highest BCUT2D eigenvalue weighted by atomic mass is 16.7. The minimum atomic E-state index is 0.330. The number of fused-ring (bicyclic) bond motifs is 1. The largest absolute Gasteiger partial charge is 0.454 e. The Morgan fingerprint density at radius 2 is 2.00 bits per heavy atom. The van der Waals surface area contributed by atoms with Crippen LogP contribution in [0.5, 0.6) is 11.5 Å². The van der Waals surface area contributed by atoms with Crippen LogP contribution in [0.15, 0.2) is 18.2 Å². The third-order valence-corrected chi connectivity index (χ3v) is 2.91. The van der Waals surface area contributed by atoms with Crippen molar-refractivity contribution in [2.45, 2.75) is 26.2 Å². The quantitative estimate of drug-likeness (QED) is 0.849. The molecule has 0 fully saturated rings. The van der Waals surface area contributed by atoms with Crippen LogP contribution in [0.25, 0.3) is 0 Å². The van der Waals surface area contributed by atoms with Gasteiger partial charge in [0.1, 0.15) is 0 Å². The van der Waals surface area contributed by atoms with E-state index in [4.69, 9.17) is 15.2 Å². The summed E-state index contributed by atoms with van der Waals surface area (Å²) < 4.78 is 10.7. The summed E-state index contributed by atoms with van der Waals surface area (Å²) >= 11 is 0. The zero-order valence-corrected chi connectivity index (χ0v) is 9.90. The Kier molecular flexibility index (Phi) is 3.34. The van der Waals surface area contributed by atoms with Crippen LogP contribution in [0, 0.1) is 5.92 Å². The fourth-order valence-electron chi connectivity index (χ4n) is 2.10. The third-order valence-electron chi connectivity index (χ3n) is 2.91. The van der Waals surface area contributed by atoms with Gasteiger partial charge in [-0.25, -0.2) is 0 Å². The second kappa shape index (κ2) is 4.74. The van der Waals surface area contributed by atoms with Crippen molar-refractivity contribution in [3.63, 3.8) is 0 Å². The Morgan fingerprint density at radius 3 is 2.69 bits per heavy atom. The number of hydrogen-bond acceptors (Lipinski definition) is 3. The molecule has 0 spiro atoms. The first-order valence-corrected chi connectivity index (χ1v) is 5.80. The van der Waals surface area contributed by atoms with Gasteiger partial charge in [0.2, 0.25) is 6.79 Å². The summed E-state index contributed by atoms with van der Waals surface area (Å²) in [4.78, 5) is 0. The van der Waals surface area contributed by atoms with Crippen molar-refractivity contribution in [3.05, 3.63) is 23.8 Å². The van der Waals surface area contributed by atoms with Crippen LogP contribution >= 0.6 is 0 Å². The van der Waals surface area contributed by atoms with Gasteiger partial charge in [-0.05, 0) is 42.5 Å². The zero-order chi connectivity index (χ0) is 11.5. The minimum absolute atomic E-state index is 0.330. The lowest BCUT2D eigenvalue weighted by Gasteiger charge is -2.17. The number of rotatable bonds is 4. The molecule has 3 nitrogen and oxygen atoms in total. The normalized spacial score (nSPS) is 15.5. The van der Waals surface area contributed by atoms with Gasteiger partial charge in [-0.3, -0.25) is 0 Å². The van der Waals surface area contributed by atoms with E-state index < -0.39 is 0 Å². The van der Waals surface area contributed by atoms with Gasteiger partial charge in [-0.2, -0.15) is 0 Å². The van der Waals surface area contributed by atoms with Crippen LogP contribution in [-0.4, -0.2) is 13.3 Å². The second-order valence-electron chi connectivity index (χ2n) is 4.67. The maximum atomic E-state index is 5.83. The number of ether oxygens (including phenoxy) is 2. The maximum absolute atomic E-state index is 5.83. The molecule has 16 heavy (non-hydrogen) atoms. The summed E-state index contributed by atoms with van der Waals surface area (Å²) in [6.07, 6.45) is 1.11. The van der Waals surface area contributed by atoms with E-state index in [1.807, 2.05) is 6.07 Å². The van der Waals surface area contributed by atoms with E-state index in [2.05, 4.69) is 26.0 Å². The van der Waals surface area contributed by atoms with Gasteiger partial charge in [0.25, 0.3) is 0 Å². The van der Waals surface area contributed by atoms with Crippen LogP contribution in [0.4, 0.5) is 0 Å². The summed E-state index contributed by atoms with van der Waals surface area (Å²) in [5.74, 6) is 2.75. The predicted octanol–water partition coefficient (Wildman–Crippen LogP) is 2.50. The van der Waals surface area contributed by atoms with E-state index in [9.17, 15) is 0 Å². The maximum Gasteiger partial charge on any atom is 0.231 e. The van der Waals surface area contributed by atoms with Gasteiger partial charge in [0, 0.05) is 0 Å². The smallest absolute Gasteiger partial charge is 0.231 e. The second-order valence-corrected chi connectivity index (χ2v) is 4.67. The van der Waals surface area contributed by atoms with Crippen molar-refractivity contribution >= 4 is 0 Å². The summed E-state index contributed by atoms with van der Waals surface area (Å²) in [5.41, 5.74) is 7.08. The molecule has 1 unspecified atom stereocenters. The highest BCUT2D eigenvalue weighted by Gasteiger charge is 2.17. The molecule has 1 atom stereocenters. The molecule has 0 aromatic heterocycles. The number of nitrogens with two attached hydrogens (primary N) is 1. The Bertz CT molecular complexity index is 363. The zero-order valence-electron chi connectivity index (χ0n) is 9.90. The Labute approximate surface area is 96.5 Å². The van der Waals surface area contributed by atoms with E-state index >= 15 is 0 Å². The van der Waals surface area contributed by atoms with Gasteiger partial charge in [-0.15, -0.1) is 0 Å². The summed E-state index contributed by atoms with van der Waals surface area (Å²) in [5, 5.41) is 0. The monoisotopic (exact) mass is 221 g/mol. The lowest BCUT2D eigenvalue weighted by Crippen LogP contribution is -2.14. The average Bonchev–Trinajstić information content (AvgIpc) is 2.72. The molecule has 3 heteroatoms. The molecule has 88 valence electrons. The van der Waals surface area contributed by atoms with Crippen LogP contribution in [0.3, 0.4) is 0 Å². The van der Waals surface area contributed by atoms with E-state index in [1.54, 1.807) is 0 Å². The van der Waals surface area contributed by atoms with Crippen molar-refractivity contribution in [1.29, 1.82) is 0 Å². The molecule has 0 radical (unpaired) electrons. The molecule has 2 N–H and O–H groups in total. The first-order valence-electron chi connectivity index (χ1n) is 5.80. The van der Waals surface area contributed by atoms with E-state index in [0.29, 0.717) is 25.2 Å². The standard InChI is InChI=1S/C13H19NO2/c1-9(2)5-11(7-14)10-3-4-12-13(6-10)16-8-15-12/h3-4,6,9,11H,5,7-8,14H2,1-2H3. The van der Waals surface area contributed by atoms with Crippen LogP contribution < -0.4 is 15.2 Å². The first kappa shape index (κ1) is 11.3. The van der Waals surface area contributed by atoms with E-state index in [-0.39, 0.29) is 0 Å². The van der Waals surface area contributed by atoms with Gasteiger partial charge in [-0.1, -0.05) is 19.9 Å². The van der Waals surface area contributed by atoms with Crippen LogP contribution in [0.2, 0.25) is 0 Å². The Hall–Kier alpha value is -1.22. The lowest BCUT2D eigenvalue weighted by molar-refractivity contribution is 0.174. The number of benzene rings is 1. The predicted molar refractivity (Wildman–Crippen MR) is 63.8 cm³/mol. The van der Waals surface area contributed by atoms with Gasteiger partial charge in [0.05, 0.1) is 0 Å². The fourth-order valence-corrected chi connectivity index (χ4v) is 2.10. The molecule has 1 aromatic carbocycles. The topological polar surface area (TPSA) is 44.5 Å². The molecule has 0 saturated heterocycles. The molecule has 0 saturated carbocycles. The minimum Gasteiger partial charge on any atom is -0.454 e. The Morgan fingerprint density at radius 1 is 1.25 bits per heavy atom. The van der Waals surface area contributed by atoms with Gasteiger partial charge < -0.3 is 15.2 Å². The molecular weight excluding hydrogens is 202 g/mol. The van der Waals surface area contributed by atoms with Crippen molar-refractivity contribution < 1.29 is 9.47 Å². The number of hydrogen-bond donors (Lipinski definition) is 1. The first-order chi connectivity index (χ1) is 7.70. The van der Waals surface area contributed by atoms with E-state index in [1.165, 1.54) is 5.56 Å². The highest BCUT2D eigenvalue weighted by Crippen LogP contribution is 2.35.